The van der Waals surface area contributed by atoms with E-state index in [0.29, 0.717) is 5.92 Å². The minimum Gasteiger partial charge on any atom is -0.369 e. The van der Waals surface area contributed by atoms with Gasteiger partial charge in [0.1, 0.15) is 5.82 Å². The number of rotatable bonds is 5. The van der Waals surface area contributed by atoms with E-state index in [4.69, 9.17) is 0 Å². The second kappa shape index (κ2) is 5.86. The number of aromatic nitrogens is 4. The summed E-state index contributed by atoms with van der Waals surface area (Å²) in [5.41, 5.74) is 0.855. The van der Waals surface area contributed by atoms with E-state index in [1.165, 1.54) is 44.9 Å². The van der Waals surface area contributed by atoms with Gasteiger partial charge in [-0.3, -0.25) is 0 Å². The monoisotopic (exact) mass is 299 g/mol. The standard InChI is InChI=1S/C17H25N5/c1-12-3-2-4-13(11-12)9-10-18-15-7-8-16-19-20-17(14-5-6-14)22(16)21-15/h7-8,12-14H,2-6,9-11H2,1H3,(H,18,21). The number of nitrogens with one attached hydrogen (secondary N) is 1. The Kier molecular flexibility index (Phi) is 3.72. The first-order valence-electron chi connectivity index (χ1n) is 8.76. The molecule has 2 unspecified atom stereocenters. The molecule has 2 atom stereocenters. The SMILES string of the molecule is CC1CCCC(CCNc2ccc3nnc(C4CC4)n3n2)C1. The zero-order chi connectivity index (χ0) is 14.9. The van der Waals surface area contributed by atoms with Gasteiger partial charge in [0.05, 0.1) is 0 Å². The lowest BCUT2D eigenvalue weighted by Gasteiger charge is -2.26. The molecule has 0 aliphatic heterocycles. The fraction of sp³-hybridized carbons (Fsp3) is 0.706. The molecule has 118 valence electrons. The topological polar surface area (TPSA) is 55.1 Å². The normalized spacial score (nSPS) is 25.5. The van der Waals surface area contributed by atoms with Gasteiger partial charge < -0.3 is 5.32 Å². The lowest BCUT2D eigenvalue weighted by molar-refractivity contribution is 0.274. The highest BCUT2D eigenvalue weighted by atomic mass is 15.4. The molecule has 5 heteroatoms. The molecule has 0 saturated heterocycles. The minimum absolute atomic E-state index is 0.571. The van der Waals surface area contributed by atoms with Crippen molar-refractivity contribution in [3.05, 3.63) is 18.0 Å². The second-order valence-electron chi connectivity index (χ2n) is 7.17. The Morgan fingerprint density at radius 2 is 2.09 bits per heavy atom. The number of anilines is 1. The van der Waals surface area contributed by atoms with Gasteiger partial charge in [0, 0.05) is 12.5 Å². The highest BCUT2D eigenvalue weighted by Gasteiger charge is 2.29. The van der Waals surface area contributed by atoms with Crippen LogP contribution >= 0.6 is 0 Å². The molecule has 2 aromatic heterocycles. The van der Waals surface area contributed by atoms with Crippen molar-refractivity contribution in [2.75, 3.05) is 11.9 Å². The quantitative estimate of drug-likeness (QED) is 0.916. The van der Waals surface area contributed by atoms with Crippen molar-refractivity contribution < 1.29 is 0 Å². The van der Waals surface area contributed by atoms with E-state index in [2.05, 4.69) is 27.5 Å². The number of hydrogen-bond donors (Lipinski definition) is 1. The third-order valence-corrected chi connectivity index (χ3v) is 5.13. The Bertz CT molecular complexity index is 646. The predicted octanol–water partition coefficient (Wildman–Crippen LogP) is 3.63. The Labute approximate surface area is 131 Å². The van der Waals surface area contributed by atoms with Crippen LogP contribution in [0.2, 0.25) is 0 Å². The second-order valence-corrected chi connectivity index (χ2v) is 7.17. The lowest BCUT2D eigenvalue weighted by atomic mass is 9.81. The molecule has 1 N–H and O–H groups in total. The van der Waals surface area contributed by atoms with E-state index in [9.17, 15) is 0 Å². The molecule has 0 aromatic carbocycles. The van der Waals surface area contributed by atoms with Crippen LogP contribution in [-0.2, 0) is 0 Å². The van der Waals surface area contributed by atoms with Crippen LogP contribution in [0.1, 0.15) is 63.6 Å². The first kappa shape index (κ1) is 14.0. The summed E-state index contributed by atoms with van der Waals surface area (Å²) in [6.07, 6.45) is 9.31. The van der Waals surface area contributed by atoms with Gasteiger partial charge in [-0.25, -0.2) is 0 Å². The Morgan fingerprint density at radius 1 is 1.18 bits per heavy atom. The number of hydrogen-bond acceptors (Lipinski definition) is 4. The third kappa shape index (κ3) is 2.94. The fourth-order valence-corrected chi connectivity index (χ4v) is 3.72. The van der Waals surface area contributed by atoms with Crippen molar-refractivity contribution in [1.82, 2.24) is 19.8 Å². The summed E-state index contributed by atoms with van der Waals surface area (Å²) >= 11 is 0. The van der Waals surface area contributed by atoms with E-state index in [1.54, 1.807) is 0 Å². The first-order valence-corrected chi connectivity index (χ1v) is 8.76. The molecule has 4 rings (SSSR count). The van der Waals surface area contributed by atoms with Crippen LogP contribution in [0.25, 0.3) is 5.65 Å². The summed E-state index contributed by atoms with van der Waals surface area (Å²) in [5.74, 6) is 4.34. The van der Waals surface area contributed by atoms with Crippen LogP contribution in [-0.4, -0.2) is 26.4 Å². The highest BCUT2D eigenvalue weighted by Crippen LogP contribution is 2.38. The maximum absolute atomic E-state index is 4.67. The summed E-state index contributed by atoms with van der Waals surface area (Å²) in [5, 5.41) is 16.7. The van der Waals surface area contributed by atoms with Crippen LogP contribution in [0, 0.1) is 11.8 Å². The molecular weight excluding hydrogens is 274 g/mol. The van der Waals surface area contributed by atoms with Crippen LogP contribution in [0.5, 0.6) is 0 Å². The molecular formula is C17H25N5. The zero-order valence-electron chi connectivity index (χ0n) is 13.3. The molecule has 0 amide bonds. The maximum atomic E-state index is 4.67. The zero-order valence-corrected chi connectivity index (χ0v) is 13.3. The molecule has 2 saturated carbocycles. The van der Waals surface area contributed by atoms with E-state index in [-0.39, 0.29) is 0 Å². The van der Waals surface area contributed by atoms with Gasteiger partial charge in [0.15, 0.2) is 11.5 Å². The Balaban J connectivity index is 1.38. The van der Waals surface area contributed by atoms with E-state index in [0.717, 1.165) is 35.7 Å². The molecule has 2 aromatic rings. The van der Waals surface area contributed by atoms with Gasteiger partial charge in [-0.05, 0) is 49.7 Å². The van der Waals surface area contributed by atoms with Gasteiger partial charge >= 0.3 is 0 Å². The molecule has 2 aliphatic rings. The molecule has 0 bridgehead atoms. The first-order chi connectivity index (χ1) is 10.8. The molecule has 2 aliphatic carbocycles. The molecule has 0 spiro atoms. The highest BCUT2D eigenvalue weighted by molar-refractivity contribution is 5.44. The van der Waals surface area contributed by atoms with Crippen LogP contribution in [0.15, 0.2) is 12.1 Å². The van der Waals surface area contributed by atoms with Crippen molar-refractivity contribution in [2.24, 2.45) is 11.8 Å². The molecule has 22 heavy (non-hydrogen) atoms. The van der Waals surface area contributed by atoms with Crippen molar-refractivity contribution >= 4 is 11.5 Å². The summed E-state index contributed by atoms with van der Waals surface area (Å²) in [6, 6.07) is 4.03. The van der Waals surface area contributed by atoms with Gasteiger partial charge in [-0.2, -0.15) is 4.52 Å². The summed E-state index contributed by atoms with van der Waals surface area (Å²) < 4.78 is 1.92. The summed E-state index contributed by atoms with van der Waals surface area (Å²) in [7, 11) is 0. The molecule has 0 radical (unpaired) electrons. The van der Waals surface area contributed by atoms with Gasteiger partial charge in [-0.1, -0.05) is 26.2 Å². The fourth-order valence-electron chi connectivity index (χ4n) is 3.72. The average Bonchev–Trinajstić information content (AvgIpc) is 3.27. The molecule has 5 nitrogen and oxygen atoms in total. The van der Waals surface area contributed by atoms with Gasteiger partial charge in [0.2, 0.25) is 0 Å². The smallest absolute Gasteiger partial charge is 0.178 e. The van der Waals surface area contributed by atoms with Crippen LogP contribution < -0.4 is 5.32 Å². The van der Waals surface area contributed by atoms with Gasteiger partial charge in [-0.15, -0.1) is 15.3 Å². The predicted molar refractivity (Wildman–Crippen MR) is 87.0 cm³/mol. The summed E-state index contributed by atoms with van der Waals surface area (Å²) in [6.45, 7) is 3.40. The van der Waals surface area contributed by atoms with E-state index in [1.807, 2.05) is 16.6 Å². The third-order valence-electron chi connectivity index (χ3n) is 5.13. The lowest BCUT2D eigenvalue weighted by Crippen LogP contribution is -2.17. The van der Waals surface area contributed by atoms with Crippen LogP contribution in [0.3, 0.4) is 0 Å². The van der Waals surface area contributed by atoms with Crippen molar-refractivity contribution in [2.45, 2.75) is 57.8 Å². The minimum atomic E-state index is 0.571. The molecule has 2 fully saturated rings. The van der Waals surface area contributed by atoms with Crippen LogP contribution in [0.4, 0.5) is 5.82 Å². The van der Waals surface area contributed by atoms with E-state index >= 15 is 0 Å². The van der Waals surface area contributed by atoms with Crippen molar-refractivity contribution in [3.8, 4) is 0 Å². The van der Waals surface area contributed by atoms with Crippen molar-refractivity contribution in [1.29, 1.82) is 0 Å². The maximum Gasteiger partial charge on any atom is 0.178 e. The largest absolute Gasteiger partial charge is 0.369 e. The average molecular weight is 299 g/mol. The van der Waals surface area contributed by atoms with E-state index < -0.39 is 0 Å². The number of fused-ring (bicyclic) bond motifs is 1. The Morgan fingerprint density at radius 3 is 2.91 bits per heavy atom. The van der Waals surface area contributed by atoms with Crippen molar-refractivity contribution in [3.63, 3.8) is 0 Å². The number of nitrogens with zero attached hydrogens (tertiary/aromatic N) is 4. The summed E-state index contributed by atoms with van der Waals surface area (Å²) in [4.78, 5) is 0. The Hall–Kier alpha value is -1.65. The molecule has 2 heterocycles. The van der Waals surface area contributed by atoms with Gasteiger partial charge in [0.25, 0.3) is 0 Å².